The standard InChI is InChI=1S/C16H18/c1-13-3-7-15(8-4-13)11-12-16-9-5-14(2)6-10-16/h3-5,7-9,11-12H,6,10H2,1-2H3/b12-11+. The zero-order valence-electron chi connectivity index (χ0n) is 10.0. The van der Waals surface area contributed by atoms with Crippen molar-refractivity contribution in [2.24, 2.45) is 0 Å². The molecule has 0 radical (unpaired) electrons. The molecule has 0 heterocycles. The summed E-state index contributed by atoms with van der Waals surface area (Å²) in [5, 5.41) is 0. The van der Waals surface area contributed by atoms with Gasteiger partial charge in [-0.1, -0.05) is 59.7 Å². The van der Waals surface area contributed by atoms with Crippen molar-refractivity contribution in [3.8, 4) is 0 Å². The van der Waals surface area contributed by atoms with Crippen molar-refractivity contribution >= 4 is 6.08 Å². The fourth-order valence-corrected chi connectivity index (χ4v) is 1.78. The summed E-state index contributed by atoms with van der Waals surface area (Å²) >= 11 is 0. The molecule has 0 saturated heterocycles. The lowest BCUT2D eigenvalue weighted by Crippen LogP contribution is -1.87. The summed E-state index contributed by atoms with van der Waals surface area (Å²) in [7, 11) is 0. The highest BCUT2D eigenvalue weighted by molar-refractivity contribution is 5.54. The monoisotopic (exact) mass is 210 g/mol. The van der Waals surface area contributed by atoms with E-state index in [0.717, 1.165) is 0 Å². The number of hydrogen-bond donors (Lipinski definition) is 0. The maximum absolute atomic E-state index is 2.23. The summed E-state index contributed by atoms with van der Waals surface area (Å²) in [6, 6.07) is 8.63. The highest BCUT2D eigenvalue weighted by atomic mass is 14.0. The van der Waals surface area contributed by atoms with E-state index in [4.69, 9.17) is 0 Å². The van der Waals surface area contributed by atoms with Crippen molar-refractivity contribution in [1.82, 2.24) is 0 Å². The maximum Gasteiger partial charge on any atom is -0.0241 e. The lowest BCUT2D eigenvalue weighted by atomic mass is 9.98. The number of aryl methyl sites for hydroxylation is 1. The van der Waals surface area contributed by atoms with Gasteiger partial charge in [0.25, 0.3) is 0 Å². The molecule has 0 aliphatic heterocycles. The molecule has 0 N–H and O–H groups in total. The molecule has 0 amide bonds. The normalized spacial score (nSPS) is 16.1. The van der Waals surface area contributed by atoms with Crippen LogP contribution in [-0.2, 0) is 0 Å². The second-order valence-electron chi connectivity index (χ2n) is 4.50. The largest absolute Gasteiger partial charge is 0.0730 e. The molecule has 82 valence electrons. The van der Waals surface area contributed by atoms with Gasteiger partial charge in [0.1, 0.15) is 0 Å². The highest BCUT2D eigenvalue weighted by Crippen LogP contribution is 2.19. The molecule has 1 aromatic carbocycles. The van der Waals surface area contributed by atoms with E-state index in [-0.39, 0.29) is 0 Å². The second-order valence-corrected chi connectivity index (χ2v) is 4.50. The zero-order chi connectivity index (χ0) is 11.4. The van der Waals surface area contributed by atoms with Gasteiger partial charge in [-0.3, -0.25) is 0 Å². The molecule has 0 fully saturated rings. The van der Waals surface area contributed by atoms with Gasteiger partial charge in [-0.25, -0.2) is 0 Å². The molecular formula is C16H18. The van der Waals surface area contributed by atoms with Crippen molar-refractivity contribution in [1.29, 1.82) is 0 Å². The Balaban J connectivity index is 2.07. The van der Waals surface area contributed by atoms with Crippen LogP contribution in [0.2, 0.25) is 0 Å². The first-order valence-corrected chi connectivity index (χ1v) is 5.85. The van der Waals surface area contributed by atoms with Crippen molar-refractivity contribution in [2.75, 3.05) is 0 Å². The molecule has 16 heavy (non-hydrogen) atoms. The van der Waals surface area contributed by atoms with Crippen LogP contribution >= 0.6 is 0 Å². The molecule has 0 heteroatoms. The fourth-order valence-electron chi connectivity index (χ4n) is 1.78. The molecule has 0 spiro atoms. The number of hydrogen-bond acceptors (Lipinski definition) is 0. The minimum absolute atomic E-state index is 1.17. The van der Waals surface area contributed by atoms with Crippen LogP contribution in [0.15, 0.2) is 53.6 Å². The predicted octanol–water partition coefficient (Wildman–Crippen LogP) is 4.67. The smallest absolute Gasteiger partial charge is 0.0241 e. The van der Waals surface area contributed by atoms with E-state index in [2.05, 4.69) is 62.4 Å². The van der Waals surface area contributed by atoms with Crippen molar-refractivity contribution in [3.63, 3.8) is 0 Å². The number of allylic oxidation sites excluding steroid dienone is 5. The van der Waals surface area contributed by atoms with Gasteiger partial charge in [-0.2, -0.15) is 0 Å². The van der Waals surface area contributed by atoms with Crippen LogP contribution in [0.5, 0.6) is 0 Å². The van der Waals surface area contributed by atoms with Gasteiger partial charge in [0.05, 0.1) is 0 Å². The minimum Gasteiger partial charge on any atom is -0.0730 e. The lowest BCUT2D eigenvalue weighted by Gasteiger charge is -2.07. The van der Waals surface area contributed by atoms with Crippen LogP contribution in [0.25, 0.3) is 6.08 Å². The van der Waals surface area contributed by atoms with E-state index in [1.54, 1.807) is 0 Å². The number of benzene rings is 1. The van der Waals surface area contributed by atoms with Gasteiger partial charge in [0.2, 0.25) is 0 Å². The first kappa shape index (κ1) is 10.9. The predicted molar refractivity (Wildman–Crippen MR) is 71.3 cm³/mol. The van der Waals surface area contributed by atoms with E-state index < -0.39 is 0 Å². The third kappa shape index (κ3) is 2.96. The Morgan fingerprint density at radius 3 is 2.25 bits per heavy atom. The lowest BCUT2D eigenvalue weighted by molar-refractivity contribution is 0.928. The van der Waals surface area contributed by atoms with Gasteiger partial charge in [0, 0.05) is 0 Å². The van der Waals surface area contributed by atoms with Gasteiger partial charge in [-0.05, 0) is 37.8 Å². The third-order valence-electron chi connectivity index (χ3n) is 2.96. The third-order valence-corrected chi connectivity index (χ3v) is 2.96. The van der Waals surface area contributed by atoms with Gasteiger partial charge < -0.3 is 0 Å². The van der Waals surface area contributed by atoms with Crippen LogP contribution in [0, 0.1) is 6.92 Å². The zero-order valence-corrected chi connectivity index (χ0v) is 10.0. The Kier molecular flexibility index (Phi) is 3.40. The van der Waals surface area contributed by atoms with Crippen molar-refractivity contribution < 1.29 is 0 Å². The quantitative estimate of drug-likeness (QED) is 0.665. The molecule has 1 aliphatic rings. The van der Waals surface area contributed by atoms with Gasteiger partial charge in [-0.15, -0.1) is 0 Å². The molecule has 0 bridgehead atoms. The van der Waals surface area contributed by atoms with Crippen molar-refractivity contribution in [3.05, 3.63) is 64.8 Å². The average Bonchev–Trinajstić information content (AvgIpc) is 2.30. The molecular weight excluding hydrogens is 192 g/mol. The SMILES string of the molecule is CC1=CC=C(/C=C/c2ccc(C)cc2)CC1. The average molecular weight is 210 g/mol. The summed E-state index contributed by atoms with van der Waals surface area (Å²) < 4.78 is 0. The van der Waals surface area contributed by atoms with Crippen LogP contribution in [0.4, 0.5) is 0 Å². The molecule has 0 unspecified atom stereocenters. The Bertz CT molecular complexity index is 441. The first-order chi connectivity index (χ1) is 7.74. The van der Waals surface area contributed by atoms with E-state index >= 15 is 0 Å². The molecule has 0 nitrogen and oxygen atoms in total. The van der Waals surface area contributed by atoms with Gasteiger partial charge in [0.15, 0.2) is 0 Å². The summed E-state index contributed by atoms with van der Waals surface area (Å²) in [4.78, 5) is 0. The minimum atomic E-state index is 1.17. The molecule has 0 saturated carbocycles. The Labute approximate surface area is 98.0 Å². The molecule has 1 aromatic rings. The fraction of sp³-hybridized carbons (Fsp3) is 0.250. The van der Waals surface area contributed by atoms with Crippen LogP contribution in [-0.4, -0.2) is 0 Å². The summed E-state index contributed by atoms with van der Waals surface area (Å²) in [6.45, 7) is 4.31. The first-order valence-electron chi connectivity index (χ1n) is 5.85. The van der Waals surface area contributed by atoms with Crippen LogP contribution in [0.3, 0.4) is 0 Å². The Morgan fingerprint density at radius 2 is 1.62 bits per heavy atom. The summed E-state index contributed by atoms with van der Waals surface area (Å²) in [5.74, 6) is 0. The van der Waals surface area contributed by atoms with Crippen LogP contribution in [0.1, 0.15) is 30.9 Å². The molecule has 0 aromatic heterocycles. The summed E-state index contributed by atoms with van der Waals surface area (Å²) in [5.41, 5.74) is 5.49. The van der Waals surface area contributed by atoms with Crippen molar-refractivity contribution in [2.45, 2.75) is 26.7 Å². The number of rotatable bonds is 2. The molecule has 0 atom stereocenters. The second kappa shape index (κ2) is 4.98. The highest BCUT2D eigenvalue weighted by Gasteiger charge is 1.99. The summed E-state index contributed by atoms with van der Waals surface area (Å²) in [6.07, 6.45) is 11.2. The van der Waals surface area contributed by atoms with E-state index in [0.29, 0.717) is 0 Å². The van der Waals surface area contributed by atoms with Crippen LogP contribution < -0.4 is 0 Å². The molecule has 1 aliphatic carbocycles. The van der Waals surface area contributed by atoms with E-state index in [9.17, 15) is 0 Å². The topological polar surface area (TPSA) is 0 Å². The molecule has 2 rings (SSSR count). The van der Waals surface area contributed by atoms with Gasteiger partial charge >= 0.3 is 0 Å². The maximum atomic E-state index is 2.23. The Morgan fingerprint density at radius 1 is 0.875 bits per heavy atom. The Hall–Kier alpha value is -1.56. The van der Waals surface area contributed by atoms with E-state index in [1.807, 2.05) is 0 Å². The van der Waals surface area contributed by atoms with E-state index in [1.165, 1.54) is 35.1 Å².